The summed E-state index contributed by atoms with van der Waals surface area (Å²) in [5.74, 6) is -0.899. The molecule has 0 aliphatic rings. The predicted molar refractivity (Wildman–Crippen MR) is 316 cm³/mol. The highest BCUT2D eigenvalue weighted by molar-refractivity contribution is 5.71. The Labute approximate surface area is 452 Å². The molecule has 6 nitrogen and oxygen atoms in total. The quantitative estimate of drug-likeness (QED) is 0.0261. The van der Waals surface area contributed by atoms with Crippen molar-refractivity contribution in [3.63, 3.8) is 0 Å². The van der Waals surface area contributed by atoms with Crippen molar-refractivity contribution < 1.29 is 28.6 Å². The van der Waals surface area contributed by atoms with E-state index in [1.165, 1.54) is 148 Å². The Morgan fingerprint density at radius 2 is 0.548 bits per heavy atom. The molecule has 0 aliphatic carbocycles. The highest BCUT2D eigenvalue weighted by atomic mass is 16.6. The first-order valence-electron chi connectivity index (χ1n) is 31.1. The smallest absolute Gasteiger partial charge is 0.306 e. The maximum absolute atomic E-state index is 12.9. The molecule has 1 atom stereocenters. The fraction of sp³-hybridized carbons (Fsp3) is 0.746. The molecule has 0 heterocycles. The number of rotatable bonds is 56. The molecular weight excluding hydrogens is 901 g/mol. The zero-order valence-electron chi connectivity index (χ0n) is 48.1. The Kier molecular flexibility index (Phi) is 58.3. The van der Waals surface area contributed by atoms with E-state index in [1.807, 2.05) is 0 Å². The van der Waals surface area contributed by atoms with Crippen LogP contribution in [0.1, 0.15) is 303 Å². The van der Waals surface area contributed by atoms with Gasteiger partial charge in [-0.2, -0.15) is 0 Å². The second-order valence-corrected chi connectivity index (χ2v) is 20.6. The van der Waals surface area contributed by atoms with Gasteiger partial charge in [-0.25, -0.2) is 0 Å². The maximum Gasteiger partial charge on any atom is 0.306 e. The van der Waals surface area contributed by atoms with E-state index in [0.29, 0.717) is 19.3 Å². The van der Waals surface area contributed by atoms with Crippen LogP contribution in [0.15, 0.2) is 85.1 Å². The molecule has 0 aliphatic heterocycles. The van der Waals surface area contributed by atoms with E-state index >= 15 is 0 Å². The second-order valence-electron chi connectivity index (χ2n) is 20.6. The van der Waals surface area contributed by atoms with Crippen LogP contribution in [-0.2, 0) is 28.6 Å². The average molecular weight is 1020 g/mol. The Morgan fingerprint density at radius 3 is 0.890 bits per heavy atom. The fourth-order valence-corrected chi connectivity index (χ4v) is 8.68. The summed E-state index contributed by atoms with van der Waals surface area (Å²) in [6, 6.07) is 0. The van der Waals surface area contributed by atoms with Crippen molar-refractivity contribution >= 4 is 17.9 Å². The molecule has 0 bridgehead atoms. The van der Waals surface area contributed by atoms with Crippen LogP contribution in [0.3, 0.4) is 0 Å². The van der Waals surface area contributed by atoms with Crippen LogP contribution >= 0.6 is 0 Å². The zero-order chi connectivity index (χ0) is 52.9. The molecule has 73 heavy (non-hydrogen) atoms. The van der Waals surface area contributed by atoms with Crippen molar-refractivity contribution in [2.45, 2.75) is 309 Å². The van der Waals surface area contributed by atoms with Crippen molar-refractivity contribution in [3.05, 3.63) is 85.1 Å². The van der Waals surface area contributed by atoms with E-state index in [9.17, 15) is 14.4 Å². The van der Waals surface area contributed by atoms with Gasteiger partial charge in [0, 0.05) is 19.3 Å². The van der Waals surface area contributed by atoms with Gasteiger partial charge in [0.1, 0.15) is 13.2 Å². The topological polar surface area (TPSA) is 78.9 Å². The standard InChI is InChI=1S/C67H116O6/c1-4-7-10-13-16-19-22-25-28-30-31-32-33-34-35-36-37-38-40-42-45-48-51-54-57-60-66(69)72-63-64(62-71-65(68)59-56-53-50-47-44-41-27-24-21-18-15-12-9-6-3)73-67(70)61-58-55-52-49-46-43-39-29-26-23-20-17-14-11-8-5-2/h7,10,15-16,18-19,24-25,27-29,31-32,39,64H,4-6,8-9,11-14,17,20-23,26,30,33-38,40-63H2,1-3H3/b10-7-,18-15-,19-16-,27-24-,28-25-,32-31-,39-29-. The van der Waals surface area contributed by atoms with Crippen LogP contribution in [-0.4, -0.2) is 37.2 Å². The summed E-state index contributed by atoms with van der Waals surface area (Å²) in [7, 11) is 0. The minimum absolute atomic E-state index is 0.0841. The molecule has 0 spiro atoms. The molecule has 6 heteroatoms. The molecule has 0 aromatic carbocycles. The van der Waals surface area contributed by atoms with Crippen LogP contribution in [0, 0.1) is 0 Å². The van der Waals surface area contributed by atoms with E-state index in [-0.39, 0.29) is 31.1 Å². The summed E-state index contributed by atoms with van der Waals surface area (Å²) >= 11 is 0. The van der Waals surface area contributed by atoms with E-state index in [0.717, 1.165) is 116 Å². The lowest BCUT2D eigenvalue weighted by Crippen LogP contribution is -2.30. The van der Waals surface area contributed by atoms with Gasteiger partial charge in [0.25, 0.3) is 0 Å². The minimum atomic E-state index is -0.788. The van der Waals surface area contributed by atoms with Gasteiger partial charge < -0.3 is 14.2 Å². The van der Waals surface area contributed by atoms with Crippen molar-refractivity contribution in [3.8, 4) is 0 Å². The molecule has 0 saturated heterocycles. The van der Waals surface area contributed by atoms with Gasteiger partial charge in [-0.15, -0.1) is 0 Å². The molecule has 1 unspecified atom stereocenters. The van der Waals surface area contributed by atoms with Gasteiger partial charge in [0.05, 0.1) is 0 Å². The first kappa shape index (κ1) is 69.6. The number of carbonyl (C=O) groups excluding carboxylic acids is 3. The van der Waals surface area contributed by atoms with Crippen LogP contribution in [0.5, 0.6) is 0 Å². The van der Waals surface area contributed by atoms with E-state index in [4.69, 9.17) is 14.2 Å². The molecule has 0 N–H and O–H groups in total. The number of esters is 3. The second kappa shape index (κ2) is 61.1. The van der Waals surface area contributed by atoms with E-state index in [1.54, 1.807) is 0 Å². The lowest BCUT2D eigenvalue weighted by Gasteiger charge is -2.18. The third kappa shape index (κ3) is 59.3. The first-order chi connectivity index (χ1) is 36.0. The van der Waals surface area contributed by atoms with Crippen molar-refractivity contribution in [2.75, 3.05) is 13.2 Å². The molecule has 0 rings (SSSR count). The first-order valence-corrected chi connectivity index (χ1v) is 31.1. The number of allylic oxidation sites excluding steroid dienone is 14. The number of ether oxygens (including phenoxy) is 3. The monoisotopic (exact) mass is 1020 g/mol. The van der Waals surface area contributed by atoms with E-state index < -0.39 is 6.10 Å². The van der Waals surface area contributed by atoms with Crippen molar-refractivity contribution in [1.82, 2.24) is 0 Å². The third-order valence-corrected chi connectivity index (χ3v) is 13.4. The van der Waals surface area contributed by atoms with E-state index in [2.05, 4.69) is 106 Å². The zero-order valence-corrected chi connectivity index (χ0v) is 48.1. The van der Waals surface area contributed by atoms with Gasteiger partial charge >= 0.3 is 17.9 Å². The van der Waals surface area contributed by atoms with Gasteiger partial charge in [0.2, 0.25) is 0 Å². The number of unbranched alkanes of at least 4 members (excludes halogenated alkanes) is 31. The van der Waals surface area contributed by atoms with Gasteiger partial charge in [-0.1, -0.05) is 260 Å². The van der Waals surface area contributed by atoms with Gasteiger partial charge in [0.15, 0.2) is 6.10 Å². The Bertz CT molecular complexity index is 1400. The normalized spacial score (nSPS) is 12.6. The van der Waals surface area contributed by atoms with Crippen LogP contribution < -0.4 is 0 Å². The summed E-state index contributed by atoms with van der Waals surface area (Å²) in [5.41, 5.74) is 0. The maximum atomic E-state index is 12.9. The highest BCUT2D eigenvalue weighted by Crippen LogP contribution is 2.16. The lowest BCUT2D eigenvalue weighted by molar-refractivity contribution is -0.167. The number of carbonyl (C=O) groups is 3. The lowest BCUT2D eigenvalue weighted by atomic mass is 10.0. The van der Waals surface area contributed by atoms with Gasteiger partial charge in [-0.3, -0.25) is 14.4 Å². The fourth-order valence-electron chi connectivity index (χ4n) is 8.68. The SMILES string of the molecule is CC/C=C\C/C=C\C/C=C\C/C=C\CCCCCCCCCCCCCCC(=O)OCC(COC(=O)CCCCCCC/C=C\C/C=C\CCCC)OC(=O)CCCCCCC/C=C\CCCCCCCCC. The molecule has 0 radical (unpaired) electrons. The Morgan fingerprint density at radius 1 is 0.288 bits per heavy atom. The van der Waals surface area contributed by atoms with Crippen LogP contribution in [0.4, 0.5) is 0 Å². The summed E-state index contributed by atoms with van der Waals surface area (Å²) in [5, 5.41) is 0. The number of hydrogen-bond donors (Lipinski definition) is 0. The third-order valence-electron chi connectivity index (χ3n) is 13.4. The minimum Gasteiger partial charge on any atom is -0.462 e. The molecule has 0 aromatic heterocycles. The highest BCUT2D eigenvalue weighted by Gasteiger charge is 2.19. The molecule has 0 aromatic rings. The Balaban J connectivity index is 4.32. The van der Waals surface area contributed by atoms with Crippen molar-refractivity contribution in [1.29, 1.82) is 0 Å². The molecule has 0 saturated carbocycles. The number of hydrogen-bond acceptors (Lipinski definition) is 6. The summed E-state index contributed by atoms with van der Waals surface area (Å²) < 4.78 is 16.9. The molecule has 420 valence electrons. The average Bonchev–Trinajstić information content (AvgIpc) is 3.39. The summed E-state index contributed by atoms with van der Waals surface area (Å²) in [6.07, 6.45) is 80.1. The molecule has 0 fully saturated rings. The van der Waals surface area contributed by atoms with Crippen molar-refractivity contribution in [2.24, 2.45) is 0 Å². The summed E-state index contributed by atoms with van der Waals surface area (Å²) in [6.45, 7) is 6.49. The van der Waals surface area contributed by atoms with Gasteiger partial charge in [-0.05, 0) is 109 Å². The molecular formula is C67H116O6. The Hall–Kier alpha value is -3.41. The molecule has 0 amide bonds. The predicted octanol–water partition coefficient (Wildman–Crippen LogP) is 21.1. The summed E-state index contributed by atoms with van der Waals surface area (Å²) in [4.78, 5) is 38.2. The van der Waals surface area contributed by atoms with Crippen LogP contribution in [0.25, 0.3) is 0 Å². The van der Waals surface area contributed by atoms with Crippen LogP contribution in [0.2, 0.25) is 0 Å². The largest absolute Gasteiger partial charge is 0.462 e.